The molecule has 1 nitrogen and oxygen atoms in total. The minimum Gasteiger partial charge on any atom is -0.491 e. The van der Waals surface area contributed by atoms with Crippen LogP contribution in [0.4, 0.5) is 8.78 Å². The molecule has 3 heteroatoms. The molecule has 2 aliphatic rings. The summed E-state index contributed by atoms with van der Waals surface area (Å²) in [6.07, 6.45) is 16.8. The Kier molecular flexibility index (Phi) is 8.81. The van der Waals surface area contributed by atoms with Crippen LogP contribution in [-0.2, 0) is 6.42 Å². The van der Waals surface area contributed by atoms with Crippen molar-refractivity contribution in [2.75, 3.05) is 6.61 Å². The molecule has 2 saturated carbocycles. The first-order valence-electron chi connectivity index (χ1n) is 12.2. The van der Waals surface area contributed by atoms with Gasteiger partial charge in [0.15, 0.2) is 11.6 Å². The Morgan fingerprint density at radius 3 is 1.93 bits per heavy atom. The summed E-state index contributed by atoms with van der Waals surface area (Å²) in [6.45, 7) is 4.42. The van der Waals surface area contributed by atoms with Crippen molar-refractivity contribution < 1.29 is 13.5 Å². The predicted molar refractivity (Wildman–Crippen MR) is 116 cm³/mol. The van der Waals surface area contributed by atoms with Crippen LogP contribution in [0.1, 0.15) is 96.5 Å². The number of rotatable bonds is 9. The van der Waals surface area contributed by atoms with Gasteiger partial charge in [0.05, 0.1) is 6.61 Å². The van der Waals surface area contributed by atoms with E-state index in [4.69, 9.17) is 4.74 Å². The van der Waals surface area contributed by atoms with Crippen molar-refractivity contribution in [3.63, 3.8) is 0 Å². The number of hydrogen-bond acceptors (Lipinski definition) is 1. The molecule has 0 spiro atoms. The maximum absolute atomic E-state index is 14.3. The molecule has 0 unspecified atom stereocenters. The maximum Gasteiger partial charge on any atom is 0.200 e. The minimum atomic E-state index is -0.831. The molecule has 0 atom stereocenters. The van der Waals surface area contributed by atoms with Crippen LogP contribution in [-0.4, -0.2) is 6.61 Å². The van der Waals surface area contributed by atoms with E-state index in [1.165, 1.54) is 70.6 Å². The predicted octanol–water partition coefficient (Wildman–Crippen LogP) is 8.10. The summed E-state index contributed by atoms with van der Waals surface area (Å²) < 4.78 is 33.5. The second-order valence-corrected chi connectivity index (χ2v) is 9.53. The van der Waals surface area contributed by atoms with Gasteiger partial charge in [-0.05, 0) is 80.8 Å². The van der Waals surface area contributed by atoms with Gasteiger partial charge in [0.2, 0.25) is 5.82 Å². The van der Waals surface area contributed by atoms with Gasteiger partial charge in [-0.1, -0.05) is 57.9 Å². The van der Waals surface area contributed by atoms with Crippen LogP contribution in [0.5, 0.6) is 5.75 Å². The minimum absolute atomic E-state index is 0.0265. The van der Waals surface area contributed by atoms with Crippen molar-refractivity contribution in [3.8, 4) is 5.75 Å². The fraction of sp³-hybridized carbons (Fsp3) is 0.769. The van der Waals surface area contributed by atoms with Crippen LogP contribution in [0.3, 0.4) is 0 Å². The van der Waals surface area contributed by atoms with Crippen LogP contribution < -0.4 is 4.74 Å². The Morgan fingerprint density at radius 2 is 1.38 bits per heavy atom. The first-order chi connectivity index (χ1) is 14.1. The molecule has 0 heterocycles. The van der Waals surface area contributed by atoms with E-state index in [-0.39, 0.29) is 5.75 Å². The lowest BCUT2D eigenvalue weighted by Gasteiger charge is -2.38. The summed E-state index contributed by atoms with van der Waals surface area (Å²) in [7, 11) is 0. The normalized spacial score (nSPS) is 27.7. The lowest BCUT2D eigenvalue weighted by molar-refractivity contribution is 0.140. The van der Waals surface area contributed by atoms with Gasteiger partial charge in [0, 0.05) is 0 Å². The first-order valence-corrected chi connectivity index (χ1v) is 12.2. The number of aryl methyl sites for hydroxylation is 1. The molecule has 1 aromatic carbocycles. The van der Waals surface area contributed by atoms with Crippen LogP contribution in [0.2, 0.25) is 0 Å². The molecular formula is C26H40F2O. The van der Waals surface area contributed by atoms with Gasteiger partial charge in [0.25, 0.3) is 0 Å². The summed E-state index contributed by atoms with van der Waals surface area (Å²) in [5.74, 6) is 2.00. The monoisotopic (exact) mass is 406 g/mol. The molecule has 2 fully saturated rings. The zero-order valence-corrected chi connectivity index (χ0v) is 18.5. The molecule has 0 N–H and O–H groups in total. The molecule has 0 aromatic heterocycles. The highest BCUT2D eigenvalue weighted by Gasteiger charge is 2.30. The molecule has 0 aliphatic heterocycles. The zero-order chi connectivity index (χ0) is 20.6. The van der Waals surface area contributed by atoms with Crippen molar-refractivity contribution in [2.24, 2.45) is 23.7 Å². The Hall–Kier alpha value is -1.12. The first kappa shape index (κ1) is 22.6. The Bertz CT molecular complexity index is 613. The fourth-order valence-electron chi connectivity index (χ4n) is 5.78. The topological polar surface area (TPSA) is 9.23 Å². The number of benzene rings is 1. The Labute approximate surface area is 176 Å². The van der Waals surface area contributed by atoms with Gasteiger partial charge in [-0.25, -0.2) is 4.39 Å². The molecule has 2 aliphatic carbocycles. The van der Waals surface area contributed by atoms with E-state index in [1.54, 1.807) is 19.1 Å². The molecule has 0 amide bonds. The van der Waals surface area contributed by atoms with E-state index >= 15 is 0 Å². The standard InChI is InChI=1S/C26H40F2O/c1-3-5-6-19-7-12-21(13-8-19)22-14-9-20(10-15-22)11-16-23-17-18-24(29-4-2)26(28)25(23)27/h17-22H,3-16H2,1-2H3. The second kappa shape index (κ2) is 11.3. The van der Waals surface area contributed by atoms with E-state index in [2.05, 4.69) is 6.92 Å². The molecule has 164 valence electrons. The highest BCUT2D eigenvalue weighted by Crippen LogP contribution is 2.43. The van der Waals surface area contributed by atoms with Crippen molar-refractivity contribution >= 4 is 0 Å². The fourth-order valence-corrected chi connectivity index (χ4v) is 5.78. The van der Waals surface area contributed by atoms with Gasteiger partial charge < -0.3 is 4.74 Å². The van der Waals surface area contributed by atoms with Crippen molar-refractivity contribution in [3.05, 3.63) is 29.3 Å². The van der Waals surface area contributed by atoms with Gasteiger partial charge >= 0.3 is 0 Å². The van der Waals surface area contributed by atoms with Gasteiger partial charge in [-0.3, -0.25) is 0 Å². The summed E-state index contributed by atoms with van der Waals surface area (Å²) in [4.78, 5) is 0. The highest BCUT2D eigenvalue weighted by molar-refractivity contribution is 5.31. The number of hydrogen-bond donors (Lipinski definition) is 0. The van der Waals surface area contributed by atoms with E-state index in [1.807, 2.05) is 0 Å². The largest absolute Gasteiger partial charge is 0.491 e. The van der Waals surface area contributed by atoms with Gasteiger partial charge in [0.1, 0.15) is 0 Å². The van der Waals surface area contributed by atoms with E-state index < -0.39 is 11.6 Å². The van der Waals surface area contributed by atoms with Crippen LogP contribution in [0, 0.1) is 35.3 Å². The average Bonchev–Trinajstić information content (AvgIpc) is 2.76. The van der Waals surface area contributed by atoms with Crippen LogP contribution in [0.25, 0.3) is 0 Å². The molecule has 3 rings (SSSR count). The van der Waals surface area contributed by atoms with E-state index in [0.29, 0.717) is 24.5 Å². The van der Waals surface area contributed by atoms with Gasteiger partial charge in [-0.15, -0.1) is 0 Å². The maximum atomic E-state index is 14.3. The van der Waals surface area contributed by atoms with Crippen LogP contribution >= 0.6 is 0 Å². The lowest BCUT2D eigenvalue weighted by Crippen LogP contribution is -2.26. The third kappa shape index (κ3) is 6.18. The number of ether oxygens (including phenoxy) is 1. The van der Waals surface area contributed by atoms with E-state index in [0.717, 1.165) is 24.2 Å². The third-order valence-electron chi connectivity index (χ3n) is 7.66. The number of halogens is 2. The third-order valence-corrected chi connectivity index (χ3v) is 7.66. The van der Waals surface area contributed by atoms with Crippen LogP contribution in [0.15, 0.2) is 12.1 Å². The van der Waals surface area contributed by atoms with Gasteiger partial charge in [-0.2, -0.15) is 4.39 Å². The summed E-state index contributed by atoms with van der Waals surface area (Å²) >= 11 is 0. The van der Waals surface area contributed by atoms with Crippen molar-refractivity contribution in [1.82, 2.24) is 0 Å². The molecule has 1 aromatic rings. The highest BCUT2D eigenvalue weighted by atomic mass is 19.2. The molecular weight excluding hydrogens is 366 g/mol. The Morgan fingerprint density at radius 1 is 0.793 bits per heavy atom. The van der Waals surface area contributed by atoms with E-state index in [9.17, 15) is 8.78 Å². The Balaban J connectivity index is 1.40. The zero-order valence-electron chi connectivity index (χ0n) is 18.5. The quantitative estimate of drug-likeness (QED) is 0.402. The molecule has 0 bridgehead atoms. The molecule has 0 radical (unpaired) electrons. The smallest absolute Gasteiger partial charge is 0.200 e. The SMILES string of the molecule is CCCCC1CCC(C2CCC(CCc3ccc(OCC)c(F)c3F)CC2)CC1. The summed E-state index contributed by atoms with van der Waals surface area (Å²) in [5, 5.41) is 0. The second-order valence-electron chi connectivity index (χ2n) is 9.53. The summed E-state index contributed by atoms with van der Waals surface area (Å²) in [6, 6.07) is 3.27. The molecule has 0 saturated heterocycles. The lowest BCUT2D eigenvalue weighted by atomic mass is 9.68. The van der Waals surface area contributed by atoms with Crippen molar-refractivity contribution in [2.45, 2.75) is 97.3 Å². The number of unbranched alkanes of at least 4 members (excludes halogenated alkanes) is 1. The van der Waals surface area contributed by atoms with Crippen molar-refractivity contribution in [1.29, 1.82) is 0 Å². The summed E-state index contributed by atoms with van der Waals surface area (Å²) in [5.41, 5.74) is 0.499. The molecule has 29 heavy (non-hydrogen) atoms. The average molecular weight is 407 g/mol.